The third-order valence-electron chi connectivity index (χ3n) is 3.10. The summed E-state index contributed by atoms with van der Waals surface area (Å²) in [7, 11) is 4.13. The maximum Gasteiger partial charge on any atom is 0.137 e. The highest BCUT2D eigenvalue weighted by molar-refractivity contribution is 5.34. The van der Waals surface area contributed by atoms with E-state index in [1.807, 2.05) is 36.4 Å². The normalized spacial score (nSPS) is 12.1. The molecule has 0 radical (unpaired) electrons. The van der Waals surface area contributed by atoms with Crippen LogP contribution in [0.15, 0.2) is 49.6 Å². The molecule has 1 aromatic carbocycles. The van der Waals surface area contributed by atoms with Gasteiger partial charge in [-0.25, -0.2) is 0 Å². The molecule has 0 aliphatic carbocycles. The maximum atomic E-state index is 10.1. The summed E-state index contributed by atoms with van der Waals surface area (Å²) in [5.74, 6) is 0.820. The molecule has 3 nitrogen and oxygen atoms in total. The van der Waals surface area contributed by atoms with Crippen LogP contribution in [-0.2, 0) is 6.42 Å². The van der Waals surface area contributed by atoms with Gasteiger partial charge in [0.1, 0.15) is 25.0 Å². The quantitative estimate of drug-likeness (QED) is 0.474. The van der Waals surface area contributed by atoms with Crippen molar-refractivity contribution in [2.24, 2.45) is 0 Å². The van der Waals surface area contributed by atoms with E-state index < -0.39 is 6.10 Å². The highest BCUT2D eigenvalue weighted by atomic mass is 79.9. The zero-order valence-corrected chi connectivity index (χ0v) is 14.6. The summed E-state index contributed by atoms with van der Waals surface area (Å²) >= 11 is 0. The Morgan fingerprint density at radius 2 is 1.90 bits per heavy atom. The van der Waals surface area contributed by atoms with Crippen LogP contribution in [0.2, 0.25) is 0 Å². The number of aliphatic hydroxyl groups excluding tert-OH is 1. The van der Waals surface area contributed by atoms with Gasteiger partial charge in [0.15, 0.2) is 0 Å². The molecule has 0 bridgehead atoms. The fraction of sp³-hybridized carbons (Fsp3) is 0.412. The number of ether oxygens (including phenoxy) is 1. The van der Waals surface area contributed by atoms with E-state index in [2.05, 4.69) is 27.3 Å². The second-order valence-electron chi connectivity index (χ2n) is 5.65. The highest BCUT2D eigenvalue weighted by Crippen LogP contribution is 2.19. The molecule has 0 saturated heterocycles. The van der Waals surface area contributed by atoms with Crippen LogP contribution in [0.1, 0.15) is 5.56 Å². The second kappa shape index (κ2) is 9.77. The van der Waals surface area contributed by atoms with Gasteiger partial charge in [0.25, 0.3) is 0 Å². The van der Waals surface area contributed by atoms with Gasteiger partial charge in [-0.05, 0) is 24.1 Å². The van der Waals surface area contributed by atoms with Crippen LogP contribution in [0.4, 0.5) is 0 Å². The molecule has 1 rings (SSSR count). The molecule has 0 heterocycles. The average Bonchev–Trinajstić information content (AvgIpc) is 2.37. The smallest absolute Gasteiger partial charge is 0.137 e. The number of hydrogen-bond acceptors (Lipinski definition) is 2. The first-order valence-corrected chi connectivity index (χ1v) is 6.91. The van der Waals surface area contributed by atoms with Gasteiger partial charge in [0.05, 0.1) is 20.6 Å². The van der Waals surface area contributed by atoms with Crippen LogP contribution in [0.3, 0.4) is 0 Å². The summed E-state index contributed by atoms with van der Waals surface area (Å²) in [6.07, 6.45) is 3.99. The van der Waals surface area contributed by atoms with Gasteiger partial charge in [-0.1, -0.05) is 30.9 Å². The minimum atomic E-state index is -0.498. The van der Waals surface area contributed by atoms with E-state index in [4.69, 9.17) is 4.74 Å². The maximum absolute atomic E-state index is 10.1. The second-order valence-corrected chi connectivity index (χ2v) is 5.65. The molecule has 1 aromatic rings. The lowest BCUT2D eigenvalue weighted by atomic mass is 10.1. The molecule has 0 aliphatic rings. The van der Waals surface area contributed by atoms with Crippen molar-refractivity contribution < 1.29 is 31.3 Å². The van der Waals surface area contributed by atoms with Gasteiger partial charge < -0.3 is 31.3 Å². The molecular formula is C17H26BrNO2. The van der Waals surface area contributed by atoms with Gasteiger partial charge in [-0.15, -0.1) is 6.58 Å². The van der Waals surface area contributed by atoms with Crippen molar-refractivity contribution in [3.63, 3.8) is 0 Å². The number of quaternary nitrogens is 1. The Balaban J connectivity index is 0.00000400. The fourth-order valence-corrected chi connectivity index (χ4v) is 2.20. The summed E-state index contributed by atoms with van der Waals surface area (Å²) in [4.78, 5) is 0. The summed E-state index contributed by atoms with van der Waals surface area (Å²) in [6.45, 7) is 9.24. The summed E-state index contributed by atoms with van der Waals surface area (Å²) in [5.41, 5.74) is 1.09. The number of halogens is 1. The number of benzene rings is 1. The largest absolute Gasteiger partial charge is 1.00 e. The average molecular weight is 356 g/mol. The monoisotopic (exact) mass is 355 g/mol. The van der Waals surface area contributed by atoms with Crippen molar-refractivity contribution in [2.75, 3.05) is 33.8 Å². The minimum Gasteiger partial charge on any atom is -1.00 e. The van der Waals surface area contributed by atoms with Crippen LogP contribution in [-0.4, -0.2) is 49.5 Å². The van der Waals surface area contributed by atoms with Gasteiger partial charge >= 0.3 is 0 Å². The van der Waals surface area contributed by atoms with Gasteiger partial charge in [-0.3, -0.25) is 0 Å². The number of likely N-dealkylation sites (N-methyl/N-ethyl adjacent to an activating group) is 1. The Kier molecular flexibility index (Phi) is 9.26. The Labute approximate surface area is 138 Å². The van der Waals surface area contributed by atoms with E-state index in [1.54, 1.807) is 0 Å². The molecule has 1 atom stereocenters. The van der Waals surface area contributed by atoms with E-state index in [9.17, 15) is 5.11 Å². The van der Waals surface area contributed by atoms with E-state index >= 15 is 0 Å². The molecule has 0 aromatic heterocycles. The third kappa shape index (κ3) is 7.46. The Morgan fingerprint density at radius 3 is 2.52 bits per heavy atom. The standard InChI is InChI=1S/C17H26NO2.BrH/c1-5-9-15-10-7-8-11-17(15)20-14-16(19)13-18(3,4)12-6-2;/h5-8,10-11,16,19H,1-2,9,12-14H2,3-4H3;1H/q+1;/p-1. The van der Waals surface area contributed by atoms with Gasteiger partial charge in [0, 0.05) is 0 Å². The predicted octanol–water partition coefficient (Wildman–Crippen LogP) is -0.579. The lowest BCUT2D eigenvalue weighted by molar-refractivity contribution is -0.887. The molecular weight excluding hydrogens is 330 g/mol. The molecule has 118 valence electrons. The Morgan fingerprint density at radius 1 is 1.24 bits per heavy atom. The lowest BCUT2D eigenvalue weighted by Crippen LogP contribution is -3.00. The molecule has 1 N–H and O–H groups in total. The predicted molar refractivity (Wildman–Crippen MR) is 83.9 cm³/mol. The molecule has 0 fully saturated rings. The molecule has 1 unspecified atom stereocenters. The zero-order chi connectivity index (χ0) is 15.0. The number of rotatable bonds is 9. The first kappa shape index (κ1) is 19.9. The van der Waals surface area contributed by atoms with Crippen molar-refractivity contribution in [3.8, 4) is 5.75 Å². The van der Waals surface area contributed by atoms with Crippen molar-refractivity contribution in [1.82, 2.24) is 0 Å². The van der Waals surface area contributed by atoms with Gasteiger partial charge in [-0.2, -0.15) is 0 Å². The van der Waals surface area contributed by atoms with E-state index in [-0.39, 0.29) is 17.0 Å². The lowest BCUT2D eigenvalue weighted by Gasteiger charge is -2.30. The zero-order valence-electron chi connectivity index (χ0n) is 13.0. The number of allylic oxidation sites excluding steroid dienone is 1. The van der Waals surface area contributed by atoms with Crippen molar-refractivity contribution in [3.05, 3.63) is 55.1 Å². The number of hydrogen-bond donors (Lipinski definition) is 1. The third-order valence-corrected chi connectivity index (χ3v) is 3.10. The minimum absolute atomic E-state index is 0. The fourth-order valence-electron chi connectivity index (χ4n) is 2.20. The molecule has 0 amide bonds. The Bertz CT molecular complexity index is 446. The van der Waals surface area contributed by atoms with Crippen LogP contribution in [0, 0.1) is 0 Å². The van der Waals surface area contributed by atoms with E-state index in [0.29, 0.717) is 17.6 Å². The first-order valence-electron chi connectivity index (χ1n) is 6.91. The van der Waals surface area contributed by atoms with Crippen LogP contribution in [0.5, 0.6) is 5.75 Å². The Hall–Kier alpha value is -1.10. The number of nitrogens with zero attached hydrogens (tertiary/aromatic N) is 1. The van der Waals surface area contributed by atoms with Crippen LogP contribution >= 0.6 is 0 Å². The summed E-state index contributed by atoms with van der Waals surface area (Å²) < 4.78 is 6.44. The molecule has 0 saturated carbocycles. The van der Waals surface area contributed by atoms with E-state index in [1.165, 1.54) is 0 Å². The molecule has 21 heavy (non-hydrogen) atoms. The SMILES string of the molecule is C=CCc1ccccc1OCC(O)C[N+](C)(C)CC=C.[Br-]. The topological polar surface area (TPSA) is 29.5 Å². The summed E-state index contributed by atoms with van der Waals surface area (Å²) in [6, 6.07) is 7.86. The van der Waals surface area contributed by atoms with Crippen LogP contribution < -0.4 is 21.7 Å². The van der Waals surface area contributed by atoms with Crippen molar-refractivity contribution in [2.45, 2.75) is 12.5 Å². The first-order chi connectivity index (χ1) is 9.48. The van der Waals surface area contributed by atoms with Crippen LogP contribution in [0.25, 0.3) is 0 Å². The molecule has 0 aliphatic heterocycles. The number of para-hydroxylation sites is 1. The number of aliphatic hydroxyl groups is 1. The molecule has 4 heteroatoms. The summed E-state index contributed by atoms with van der Waals surface area (Å²) in [5, 5.41) is 10.1. The van der Waals surface area contributed by atoms with Crippen molar-refractivity contribution >= 4 is 0 Å². The van der Waals surface area contributed by atoms with Crippen molar-refractivity contribution in [1.29, 1.82) is 0 Å². The highest BCUT2D eigenvalue weighted by Gasteiger charge is 2.19. The van der Waals surface area contributed by atoms with Gasteiger partial charge in [0.2, 0.25) is 0 Å². The molecule has 0 spiro atoms. The van der Waals surface area contributed by atoms with E-state index in [0.717, 1.165) is 24.3 Å².